The van der Waals surface area contributed by atoms with Crippen LogP contribution >= 0.6 is 11.6 Å². The van der Waals surface area contributed by atoms with Crippen LogP contribution in [0.25, 0.3) is 5.69 Å². The summed E-state index contributed by atoms with van der Waals surface area (Å²) in [5, 5.41) is 16.9. The van der Waals surface area contributed by atoms with Crippen molar-refractivity contribution >= 4 is 27.5 Å². The van der Waals surface area contributed by atoms with Crippen molar-refractivity contribution in [3.05, 3.63) is 63.9 Å². The first-order valence-electron chi connectivity index (χ1n) is 8.52. The van der Waals surface area contributed by atoms with Gasteiger partial charge in [-0.25, -0.2) is 17.8 Å². The number of carbonyl (C=O) groups is 1. The van der Waals surface area contributed by atoms with E-state index < -0.39 is 15.9 Å². The molecule has 0 saturated carbocycles. The molecule has 0 unspecified atom stereocenters. The van der Waals surface area contributed by atoms with Crippen LogP contribution in [0.3, 0.4) is 0 Å². The summed E-state index contributed by atoms with van der Waals surface area (Å²) >= 11 is 6.19. The second-order valence-electron chi connectivity index (χ2n) is 6.30. The maximum atomic E-state index is 12.7. The molecule has 30 heavy (non-hydrogen) atoms. The number of amides is 1. The van der Waals surface area contributed by atoms with Gasteiger partial charge in [-0.05, 0) is 49.7 Å². The summed E-state index contributed by atoms with van der Waals surface area (Å²) < 4.78 is 33.9. The quantitative estimate of drug-likeness (QED) is 0.639. The number of hydrogen-bond donors (Lipinski definition) is 1. The molecule has 0 atom stereocenters. The Morgan fingerprint density at radius 3 is 2.60 bits per heavy atom. The van der Waals surface area contributed by atoms with Crippen LogP contribution in [0.1, 0.15) is 27.3 Å². The zero-order valence-electron chi connectivity index (χ0n) is 16.2. The average molecular weight is 446 g/mol. The number of halogens is 1. The lowest BCUT2D eigenvalue weighted by Gasteiger charge is -2.11. The molecule has 3 rings (SSSR count). The predicted molar refractivity (Wildman–Crippen MR) is 108 cm³/mol. The summed E-state index contributed by atoms with van der Waals surface area (Å²) in [4.78, 5) is 12.5. The normalized spacial score (nSPS) is 11.0. The maximum Gasteiger partial charge on any atom is 0.287 e. The van der Waals surface area contributed by atoms with Crippen LogP contribution in [0.15, 0.2) is 41.3 Å². The third-order valence-corrected chi connectivity index (χ3v) is 5.91. The molecule has 0 aliphatic rings. The topological polar surface area (TPSA) is 127 Å². The molecule has 0 bridgehead atoms. The number of nitrogens with zero attached hydrogens (tertiary/aromatic N) is 4. The minimum Gasteiger partial charge on any atom is -0.495 e. The summed E-state index contributed by atoms with van der Waals surface area (Å²) in [6.07, 6.45) is 0. The van der Waals surface area contributed by atoms with Crippen LogP contribution in [-0.4, -0.2) is 36.4 Å². The minimum atomic E-state index is -4.23. The molecule has 0 saturated heterocycles. The van der Waals surface area contributed by atoms with E-state index in [0.717, 1.165) is 0 Å². The fourth-order valence-electron chi connectivity index (χ4n) is 2.74. The number of sulfonamides is 1. The summed E-state index contributed by atoms with van der Waals surface area (Å²) in [7, 11) is -2.89. The molecule has 0 spiro atoms. The Morgan fingerprint density at radius 1 is 1.23 bits per heavy atom. The molecule has 154 valence electrons. The average Bonchev–Trinajstić information content (AvgIpc) is 3.08. The number of aromatic nitrogens is 3. The van der Waals surface area contributed by atoms with Crippen molar-refractivity contribution in [1.82, 2.24) is 19.7 Å². The number of methoxy groups -OCH3 is 1. The van der Waals surface area contributed by atoms with E-state index in [9.17, 15) is 13.2 Å². The van der Waals surface area contributed by atoms with Gasteiger partial charge in [0.15, 0.2) is 5.69 Å². The Morgan fingerprint density at radius 2 is 1.97 bits per heavy atom. The fourth-order valence-corrected chi connectivity index (χ4v) is 4.20. The predicted octanol–water partition coefficient (Wildman–Crippen LogP) is 2.54. The maximum absolute atomic E-state index is 12.7. The second kappa shape index (κ2) is 8.14. The molecular weight excluding hydrogens is 430 g/mol. The molecule has 1 heterocycles. The fraction of sp³-hybridized carbons (Fsp3) is 0.158. The summed E-state index contributed by atoms with van der Waals surface area (Å²) in [6.45, 7) is 3.26. The van der Waals surface area contributed by atoms with Crippen LogP contribution in [0.2, 0.25) is 5.02 Å². The summed E-state index contributed by atoms with van der Waals surface area (Å²) in [5.41, 5.74) is 1.51. The Balaban J connectivity index is 1.94. The zero-order valence-corrected chi connectivity index (χ0v) is 17.7. The zero-order chi connectivity index (χ0) is 22.1. The van der Waals surface area contributed by atoms with Crippen molar-refractivity contribution in [3.63, 3.8) is 0 Å². The first-order chi connectivity index (χ1) is 14.2. The molecule has 1 aromatic heterocycles. The van der Waals surface area contributed by atoms with Gasteiger partial charge < -0.3 is 4.74 Å². The Hall–Kier alpha value is -3.42. The third-order valence-electron chi connectivity index (χ3n) is 4.25. The lowest BCUT2D eigenvalue weighted by atomic mass is 10.2. The molecule has 3 aromatic rings. The van der Waals surface area contributed by atoms with E-state index in [1.165, 1.54) is 36.1 Å². The van der Waals surface area contributed by atoms with E-state index in [-0.39, 0.29) is 27.1 Å². The van der Waals surface area contributed by atoms with E-state index in [0.29, 0.717) is 16.8 Å². The van der Waals surface area contributed by atoms with Crippen molar-refractivity contribution in [2.45, 2.75) is 18.7 Å². The molecule has 0 radical (unpaired) electrons. The van der Waals surface area contributed by atoms with Gasteiger partial charge in [0.25, 0.3) is 15.9 Å². The van der Waals surface area contributed by atoms with Gasteiger partial charge in [-0.1, -0.05) is 22.9 Å². The minimum absolute atomic E-state index is 0.102. The van der Waals surface area contributed by atoms with Gasteiger partial charge in [-0.3, -0.25) is 4.79 Å². The Labute approximate surface area is 177 Å². The Kier molecular flexibility index (Phi) is 5.78. The van der Waals surface area contributed by atoms with E-state index in [2.05, 4.69) is 10.3 Å². The van der Waals surface area contributed by atoms with Gasteiger partial charge in [-0.15, -0.1) is 5.10 Å². The number of benzene rings is 2. The number of nitrogens with one attached hydrogen (secondary N) is 1. The summed E-state index contributed by atoms with van der Waals surface area (Å²) in [5.74, 6) is -0.849. The van der Waals surface area contributed by atoms with Crippen LogP contribution in [0.5, 0.6) is 5.75 Å². The number of aryl methyl sites for hydroxylation is 1. The monoisotopic (exact) mass is 445 g/mol. The highest BCUT2D eigenvalue weighted by atomic mass is 35.5. The smallest absolute Gasteiger partial charge is 0.287 e. The molecule has 1 N–H and O–H groups in total. The van der Waals surface area contributed by atoms with Gasteiger partial charge in [-0.2, -0.15) is 5.26 Å². The highest BCUT2D eigenvalue weighted by Gasteiger charge is 2.26. The summed E-state index contributed by atoms with van der Waals surface area (Å²) in [6, 6.07) is 11.1. The van der Waals surface area contributed by atoms with Crippen molar-refractivity contribution < 1.29 is 17.9 Å². The lowest BCUT2D eigenvalue weighted by molar-refractivity contribution is 0.0976. The van der Waals surface area contributed by atoms with Crippen molar-refractivity contribution in [2.75, 3.05) is 7.11 Å². The molecule has 1 amide bonds. The Bertz CT molecular complexity index is 1290. The lowest BCUT2D eigenvalue weighted by Crippen LogP contribution is -2.31. The van der Waals surface area contributed by atoms with E-state index in [1.54, 1.807) is 26.0 Å². The second-order valence-corrected chi connectivity index (χ2v) is 8.36. The SMILES string of the molecule is COc1ccc(C)cc1S(=O)(=O)NC(=O)c1nnn(-c2ccc(C#N)cc2Cl)c1C. The highest BCUT2D eigenvalue weighted by Crippen LogP contribution is 2.26. The molecular formula is C19H16ClN5O4S. The largest absolute Gasteiger partial charge is 0.495 e. The van der Waals surface area contributed by atoms with Gasteiger partial charge >= 0.3 is 0 Å². The van der Waals surface area contributed by atoms with Gasteiger partial charge in [0.2, 0.25) is 0 Å². The number of rotatable bonds is 5. The number of nitriles is 1. The molecule has 2 aromatic carbocycles. The van der Waals surface area contributed by atoms with Crippen LogP contribution in [0.4, 0.5) is 0 Å². The van der Waals surface area contributed by atoms with Crippen LogP contribution in [-0.2, 0) is 10.0 Å². The standard InChI is InChI=1S/C19H16ClN5O4S/c1-11-4-7-16(29-3)17(8-11)30(27,28)23-19(26)18-12(2)25(24-22-18)15-6-5-13(10-21)9-14(15)20/h4-9H,1-3H3,(H,23,26). The van der Waals surface area contributed by atoms with E-state index >= 15 is 0 Å². The molecule has 0 aliphatic heterocycles. The van der Waals surface area contributed by atoms with Gasteiger partial charge in [0.1, 0.15) is 10.6 Å². The number of ether oxygens (including phenoxy) is 1. The van der Waals surface area contributed by atoms with Gasteiger partial charge in [0, 0.05) is 0 Å². The molecule has 0 fully saturated rings. The van der Waals surface area contributed by atoms with E-state index in [4.69, 9.17) is 21.6 Å². The first-order valence-corrected chi connectivity index (χ1v) is 10.4. The third kappa shape index (κ3) is 3.98. The van der Waals surface area contributed by atoms with Crippen LogP contribution in [0, 0.1) is 25.2 Å². The highest BCUT2D eigenvalue weighted by molar-refractivity contribution is 7.90. The number of carbonyl (C=O) groups excluding carboxylic acids is 1. The molecule has 9 nitrogen and oxygen atoms in total. The first kappa shape index (κ1) is 21.3. The molecule has 11 heteroatoms. The number of hydrogen-bond acceptors (Lipinski definition) is 7. The van der Waals surface area contributed by atoms with Crippen molar-refractivity contribution in [2.24, 2.45) is 0 Å². The van der Waals surface area contributed by atoms with Gasteiger partial charge in [0.05, 0.1) is 35.1 Å². The van der Waals surface area contributed by atoms with Crippen molar-refractivity contribution in [1.29, 1.82) is 5.26 Å². The van der Waals surface area contributed by atoms with E-state index in [1.807, 2.05) is 10.8 Å². The van der Waals surface area contributed by atoms with Crippen molar-refractivity contribution in [3.8, 4) is 17.5 Å². The molecule has 0 aliphatic carbocycles. The van der Waals surface area contributed by atoms with Crippen LogP contribution < -0.4 is 9.46 Å².